The van der Waals surface area contributed by atoms with Gasteiger partial charge in [-0.25, -0.2) is 19.6 Å². The molecule has 252 valence electrons. The van der Waals surface area contributed by atoms with E-state index in [-0.39, 0.29) is 12.2 Å². The van der Waals surface area contributed by atoms with Crippen LogP contribution in [0, 0.1) is 0 Å². The van der Waals surface area contributed by atoms with Crippen molar-refractivity contribution in [1.29, 1.82) is 0 Å². The minimum absolute atomic E-state index is 0.0700. The fourth-order valence-corrected chi connectivity index (χ4v) is 6.34. The molecular weight excluding hydrogens is 622 g/mol. The van der Waals surface area contributed by atoms with Crippen molar-refractivity contribution in [3.8, 4) is 22.8 Å². The molecule has 14 heteroatoms. The Labute approximate surface area is 280 Å². The van der Waals surface area contributed by atoms with Crippen molar-refractivity contribution in [3.63, 3.8) is 0 Å². The number of hydrogen-bond donors (Lipinski definition) is 1. The monoisotopic (exact) mass is 665 g/mol. The van der Waals surface area contributed by atoms with Gasteiger partial charge in [0.25, 0.3) is 5.88 Å². The van der Waals surface area contributed by atoms with Crippen LogP contribution in [0.5, 0.6) is 11.6 Å². The van der Waals surface area contributed by atoms with Crippen LogP contribution in [-0.2, 0) is 16.0 Å². The molecule has 1 saturated heterocycles. The number of rotatable bonds is 14. The second-order valence-electron chi connectivity index (χ2n) is 12.3. The highest BCUT2D eigenvalue weighted by molar-refractivity contribution is 6.32. The fraction of sp³-hybridized carbons (Fsp3) is 0.545. The summed E-state index contributed by atoms with van der Waals surface area (Å²) in [4.78, 5) is 15.8. The number of morpholine rings is 1. The van der Waals surface area contributed by atoms with Gasteiger partial charge in [0.2, 0.25) is 5.95 Å². The van der Waals surface area contributed by atoms with Crippen molar-refractivity contribution in [2.24, 2.45) is 0 Å². The second kappa shape index (κ2) is 15.9. The Kier molecular flexibility index (Phi) is 11.2. The maximum atomic E-state index is 6.47. The van der Waals surface area contributed by atoms with Gasteiger partial charge in [-0.1, -0.05) is 17.7 Å². The molecule has 47 heavy (non-hydrogen) atoms. The number of methoxy groups -OCH3 is 1. The molecule has 2 atom stereocenters. The van der Waals surface area contributed by atoms with E-state index in [2.05, 4.69) is 34.9 Å². The summed E-state index contributed by atoms with van der Waals surface area (Å²) in [7, 11) is 1.70. The molecule has 0 bridgehead atoms. The molecule has 0 radical (unpaired) electrons. The number of hydrogen-bond acceptors (Lipinski definition) is 11. The minimum Gasteiger partial charge on any atom is -0.487 e. The van der Waals surface area contributed by atoms with E-state index in [0.29, 0.717) is 47.8 Å². The number of benzene rings is 1. The summed E-state index contributed by atoms with van der Waals surface area (Å²) in [5.41, 5.74) is 2.46. The number of nitrogens with one attached hydrogen (secondary N) is 1. The van der Waals surface area contributed by atoms with E-state index in [1.165, 1.54) is 6.33 Å². The summed E-state index contributed by atoms with van der Waals surface area (Å²) in [6.45, 7) is 8.87. The summed E-state index contributed by atoms with van der Waals surface area (Å²) >= 11 is 6.47. The van der Waals surface area contributed by atoms with Crippen LogP contribution in [0.1, 0.15) is 52.0 Å². The lowest BCUT2D eigenvalue weighted by Crippen LogP contribution is -2.45. The van der Waals surface area contributed by atoms with Crippen LogP contribution in [0.15, 0.2) is 49.4 Å². The fourth-order valence-electron chi connectivity index (χ4n) is 6.18. The zero-order valence-corrected chi connectivity index (χ0v) is 28.1. The van der Waals surface area contributed by atoms with Crippen molar-refractivity contribution in [2.45, 2.75) is 76.8 Å². The van der Waals surface area contributed by atoms with Crippen molar-refractivity contribution >= 4 is 23.2 Å². The maximum Gasteiger partial charge on any atom is 0.257 e. The van der Waals surface area contributed by atoms with Crippen molar-refractivity contribution in [2.75, 3.05) is 45.3 Å². The summed E-state index contributed by atoms with van der Waals surface area (Å²) in [5, 5.41) is 12.9. The number of anilines is 2. The third kappa shape index (κ3) is 8.78. The van der Waals surface area contributed by atoms with Crippen LogP contribution >= 0.6 is 11.6 Å². The first-order chi connectivity index (χ1) is 22.9. The van der Waals surface area contributed by atoms with Gasteiger partial charge in [0.05, 0.1) is 43.1 Å². The van der Waals surface area contributed by atoms with E-state index < -0.39 is 0 Å². The van der Waals surface area contributed by atoms with Crippen LogP contribution in [0.3, 0.4) is 0 Å². The molecule has 4 aromatic rings. The molecule has 1 aromatic carbocycles. The number of ether oxygens (including phenoxy) is 4. The SMILES string of the molecule is COCC[C@H](C)Oc1nn([C@H]2CC[C@H](N3CCOCC3)CC2)cc1Nc1ncc(-c2ccc(Cl)c(O[C@@H](C)Cn3cncn3)c2)cn1. The van der Waals surface area contributed by atoms with Crippen LogP contribution in [0.25, 0.3) is 11.1 Å². The van der Waals surface area contributed by atoms with Crippen molar-refractivity contribution in [1.82, 2.24) is 39.4 Å². The van der Waals surface area contributed by atoms with E-state index in [0.717, 1.165) is 75.2 Å². The number of halogens is 1. The molecule has 1 aliphatic carbocycles. The molecule has 1 saturated carbocycles. The third-order valence-electron chi connectivity index (χ3n) is 8.74. The molecule has 6 rings (SSSR count). The Morgan fingerprint density at radius 2 is 1.77 bits per heavy atom. The first-order valence-corrected chi connectivity index (χ1v) is 16.8. The van der Waals surface area contributed by atoms with E-state index >= 15 is 0 Å². The van der Waals surface area contributed by atoms with Gasteiger partial charge in [0.1, 0.15) is 30.2 Å². The summed E-state index contributed by atoms with van der Waals surface area (Å²) in [6.07, 6.45) is 13.7. The highest BCUT2D eigenvalue weighted by Gasteiger charge is 2.29. The summed E-state index contributed by atoms with van der Waals surface area (Å²) < 4.78 is 27.0. The topological polar surface area (TPSA) is 127 Å². The van der Waals surface area contributed by atoms with Gasteiger partial charge in [-0.2, -0.15) is 5.10 Å². The Morgan fingerprint density at radius 3 is 2.49 bits per heavy atom. The van der Waals surface area contributed by atoms with Crippen LogP contribution < -0.4 is 14.8 Å². The molecule has 3 aromatic heterocycles. The largest absolute Gasteiger partial charge is 0.487 e. The van der Waals surface area contributed by atoms with Gasteiger partial charge >= 0.3 is 0 Å². The molecule has 2 fully saturated rings. The normalized spacial score (nSPS) is 20.1. The van der Waals surface area contributed by atoms with Gasteiger partial charge in [0.15, 0.2) is 0 Å². The van der Waals surface area contributed by atoms with E-state index in [1.54, 1.807) is 30.5 Å². The molecule has 0 spiro atoms. The minimum atomic E-state index is -0.165. The second-order valence-corrected chi connectivity index (χ2v) is 12.7. The predicted molar refractivity (Wildman–Crippen MR) is 178 cm³/mol. The van der Waals surface area contributed by atoms with Gasteiger partial charge in [0, 0.05) is 57.2 Å². The van der Waals surface area contributed by atoms with Crippen molar-refractivity contribution in [3.05, 3.63) is 54.5 Å². The number of nitrogens with zero attached hydrogens (tertiary/aromatic N) is 8. The molecule has 0 unspecified atom stereocenters. The Bertz CT molecular complexity index is 1540. The molecule has 1 N–H and O–H groups in total. The van der Waals surface area contributed by atoms with Gasteiger partial charge < -0.3 is 24.3 Å². The Balaban J connectivity index is 1.13. The van der Waals surface area contributed by atoms with Crippen molar-refractivity contribution < 1.29 is 18.9 Å². The van der Waals surface area contributed by atoms with Crippen LogP contribution in [-0.4, -0.2) is 97.7 Å². The lowest BCUT2D eigenvalue weighted by Gasteiger charge is -2.38. The molecular formula is C33H44ClN9O4. The van der Waals surface area contributed by atoms with Gasteiger partial charge in [-0.3, -0.25) is 9.58 Å². The summed E-state index contributed by atoms with van der Waals surface area (Å²) in [5.74, 6) is 1.57. The quantitative estimate of drug-likeness (QED) is 0.186. The van der Waals surface area contributed by atoms with Crippen LogP contribution in [0.4, 0.5) is 11.6 Å². The molecule has 4 heterocycles. The van der Waals surface area contributed by atoms with E-state index in [4.69, 9.17) is 35.6 Å². The average Bonchev–Trinajstić information content (AvgIpc) is 3.75. The Morgan fingerprint density at radius 1 is 1.00 bits per heavy atom. The number of aromatic nitrogens is 7. The first-order valence-electron chi connectivity index (χ1n) is 16.4. The molecule has 0 amide bonds. The standard InChI is InChI=1S/C33H44ClN9O4/c1-23(10-13-44-3)47-32-30(20-43(40-32)28-7-5-27(6-8-28)41-11-14-45-15-12-41)39-33-36-17-26(18-37-33)25-4-9-29(34)31(16-25)46-24(2)19-42-22-35-21-38-42/h4,9,16-18,20-24,27-28H,5-8,10-15,19H2,1-3H3,(H,36,37,39)/t23-,24-,27-,28-/m0/s1. The van der Waals surface area contributed by atoms with Gasteiger partial charge in [-0.05, 0) is 57.2 Å². The Hall–Kier alpha value is -3.78. The van der Waals surface area contributed by atoms with E-state index in [9.17, 15) is 0 Å². The highest BCUT2D eigenvalue weighted by Crippen LogP contribution is 2.36. The van der Waals surface area contributed by atoms with Crippen LogP contribution in [0.2, 0.25) is 5.02 Å². The average molecular weight is 666 g/mol. The predicted octanol–water partition coefficient (Wildman–Crippen LogP) is 5.42. The van der Waals surface area contributed by atoms with E-state index in [1.807, 2.05) is 38.2 Å². The smallest absolute Gasteiger partial charge is 0.257 e. The molecule has 2 aliphatic rings. The molecule has 13 nitrogen and oxygen atoms in total. The summed E-state index contributed by atoms with van der Waals surface area (Å²) in [6, 6.07) is 6.57. The maximum absolute atomic E-state index is 6.47. The lowest BCUT2D eigenvalue weighted by molar-refractivity contribution is 0.00500. The first kappa shape index (κ1) is 33.1. The molecule has 1 aliphatic heterocycles. The van der Waals surface area contributed by atoms with Gasteiger partial charge in [-0.15, -0.1) is 5.10 Å². The zero-order chi connectivity index (χ0) is 32.6. The zero-order valence-electron chi connectivity index (χ0n) is 27.3. The highest BCUT2D eigenvalue weighted by atomic mass is 35.5. The lowest BCUT2D eigenvalue weighted by atomic mass is 9.90. The third-order valence-corrected chi connectivity index (χ3v) is 9.06.